The van der Waals surface area contributed by atoms with Crippen molar-refractivity contribution in [1.29, 1.82) is 0 Å². The van der Waals surface area contributed by atoms with Crippen LogP contribution in [0.4, 0.5) is 0 Å². The molecule has 0 aromatic carbocycles. The number of hydrogen-bond acceptors (Lipinski definition) is 4. The lowest BCUT2D eigenvalue weighted by molar-refractivity contribution is 0.803. The summed E-state index contributed by atoms with van der Waals surface area (Å²) in [6, 6.07) is 0. The highest BCUT2D eigenvalue weighted by atomic mass is 15.5. The number of nitrogens with zero attached hydrogens (tertiary/aromatic N) is 6. The topological polar surface area (TPSA) is 69.5 Å². The molecule has 11 heavy (non-hydrogen) atoms. The maximum absolute atomic E-state index is 3.99. The third kappa shape index (κ3) is 0.977. The molecular weight excluding hydrogens is 144 g/mol. The van der Waals surface area contributed by atoms with Crippen molar-refractivity contribution < 1.29 is 0 Å². The molecule has 0 fully saturated rings. The predicted molar refractivity (Wildman–Crippen MR) is 38.1 cm³/mol. The molecule has 0 unspecified atom stereocenters. The van der Waals surface area contributed by atoms with Crippen LogP contribution in [0.5, 0.6) is 0 Å². The zero-order valence-electron chi connectivity index (χ0n) is 5.84. The fourth-order valence-electron chi connectivity index (χ4n) is 0.718. The van der Waals surface area contributed by atoms with Crippen LogP contribution in [0.25, 0.3) is 0 Å². The van der Waals surface area contributed by atoms with Gasteiger partial charge in [-0.15, -0.1) is 15.6 Å². The average Bonchev–Trinajstić information content (AvgIpc) is 2.55. The molecule has 0 saturated heterocycles. The van der Waals surface area contributed by atoms with Crippen LogP contribution in [0.2, 0.25) is 0 Å². The summed E-state index contributed by atoms with van der Waals surface area (Å²) in [5.74, 6) is 1.09. The van der Waals surface area contributed by atoms with E-state index in [2.05, 4.69) is 25.8 Å². The Balaban J connectivity index is 2.28. The fourth-order valence-corrected chi connectivity index (χ4v) is 0.718. The third-order valence-electron chi connectivity index (χ3n) is 1.17. The molecule has 1 radical (unpaired) electrons. The highest BCUT2D eigenvalue weighted by Crippen LogP contribution is 1.93. The normalized spacial score (nSPS) is 15.7. The second kappa shape index (κ2) is 2.15. The van der Waals surface area contributed by atoms with Crippen LogP contribution in [-0.2, 0) is 0 Å². The van der Waals surface area contributed by atoms with Gasteiger partial charge in [-0.2, -0.15) is 9.67 Å². The average molecular weight is 149 g/mol. The summed E-state index contributed by atoms with van der Waals surface area (Å²) >= 11 is 0. The Labute approximate surface area is 62.6 Å². The molecule has 1 aromatic heterocycles. The molecular formula is C5H5N6. The van der Waals surface area contributed by atoms with Gasteiger partial charge in [0.25, 0.3) is 5.96 Å². The van der Waals surface area contributed by atoms with E-state index >= 15 is 0 Å². The van der Waals surface area contributed by atoms with Crippen molar-refractivity contribution in [2.45, 2.75) is 6.92 Å². The minimum atomic E-state index is 0.458. The van der Waals surface area contributed by atoms with Gasteiger partial charge in [0.15, 0.2) is 5.84 Å². The van der Waals surface area contributed by atoms with E-state index in [1.807, 2.05) is 0 Å². The molecule has 1 aromatic rings. The summed E-state index contributed by atoms with van der Waals surface area (Å²) in [5, 5.41) is 11.0. The Bertz CT molecular complexity index is 308. The van der Waals surface area contributed by atoms with Gasteiger partial charge in [-0.05, 0) is 6.92 Å². The molecule has 2 heterocycles. The molecule has 0 aliphatic carbocycles. The smallest absolute Gasteiger partial charge is 0.193 e. The fraction of sp³-hybridized carbons (Fsp3) is 0.200. The van der Waals surface area contributed by atoms with Gasteiger partial charge >= 0.3 is 0 Å². The quantitative estimate of drug-likeness (QED) is 0.495. The maximum Gasteiger partial charge on any atom is 0.273 e. The summed E-state index contributed by atoms with van der Waals surface area (Å²) in [6.07, 6.45) is 3.22. The Hall–Kier alpha value is -1.72. The Morgan fingerprint density at radius 2 is 2.36 bits per heavy atom. The van der Waals surface area contributed by atoms with Crippen LogP contribution in [0.3, 0.4) is 0 Å². The van der Waals surface area contributed by atoms with E-state index < -0.39 is 0 Å². The first-order chi connectivity index (χ1) is 5.36. The third-order valence-corrected chi connectivity index (χ3v) is 1.17. The molecule has 0 atom stereocenters. The molecule has 0 spiro atoms. The van der Waals surface area contributed by atoms with Gasteiger partial charge in [0.1, 0.15) is 0 Å². The molecule has 0 saturated carbocycles. The zero-order chi connectivity index (χ0) is 7.68. The Morgan fingerprint density at radius 3 is 2.91 bits per heavy atom. The van der Waals surface area contributed by atoms with Crippen molar-refractivity contribution in [2.24, 2.45) is 10.1 Å². The maximum atomic E-state index is 3.99. The predicted octanol–water partition coefficient (Wildman–Crippen LogP) is -0.566. The van der Waals surface area contributed by atoms with Crippen LogP contribution < -0.4 is 5.43 Å². The van der Waals surface area contributed by atoms with Crippen molar-refractivity contribution in [3.63, 3.8) is 0 Å². The van der Waals surface area contributed by atoms with E-state index in [1.165, 1.54) is 4.68 Å². The summed E-state index contributed by atoms with van der Waals surface area (Å²) in [6.45, 7) is 1.77. The summed E-state index contributed by atoms with van der Waals surface area (Å²) in [7, 11) is 0. The summed E-state index contributed by atoms with van der Waals surface area (Å²) in [4.78, 5) is 3.99. The molecule has 1 aliphatic rings. The molecule has 0 N–H and O–H groups in total. The molecule has 55 valence electrons. The van der Waals surface area contributed by atoms with Crippen LogP contribution in [-0.4, -0.2) is 26.8 Å². The van der Waals surface area contributed by atoms with E-state index in [-0.39, 0.29) is 0 Å². The number of amidine groups is 1. The van der Waals surface area contributed by atoms with Crippen LogP contribution >= 0.6 is 0 Å². The first-order valence-corrected chi connectivity index (χ1v) is 3.07. The van der Waals surface area contributed by atoms with Crippen molar-refractivity contribution in [3.05, 3.63) is 12.4 Å². The van der Waals surface area contributed by atoms with Gasteiger partial charge in [0.2, 0.25) is 0 Å². The van der Waals surface area contributed by atoms with E-state index in [0.717, 1.165) is 0 Å². The summed E-state index contributed by atoms with van der Waals surface area (Å²) in [5.41, 5.74) is 3.76. The molecule has 0 amide bonds. The monoisotopic (exact) mass is 149 g/mol. The van der Waals surface area contributed by atoms with Gasteiger partial charge in [0, 0.05) is 0 Å². The second-order valence-electron chi connectivity index (χ2n) is 2.01. The first kappa shape index (κ1) is 6.02. The van der Waals surface area contributed by atoms with Gasteiger partial charge in [-0.3, -0.25) is 0 Å². The minimum absolute atomic E-state index is 0.458. The molecule has 2 rings (SSSR count). The number of aromatic nitrogens is 3. The van der Waals surface area contributed by atoms with Gasteiger partial charge in [0.05, 0.1) is 12.4 Å². The Kier molecular flexibility index (Phi) is 1.18. The second-order valence-corrected chi connectivity index (χ2v) is 2.01. The van der Waals surface area contributed by atoms with E-state index in [4.69, 9.17) is 0 Å². The lowest BCUT2D eigenvalue weighted by Crippen LogP contribution is -2.18. The lowest BCUT2D eigenvalue weighted by atomic mass is 10.7. The van der Waals surface area contributed by atoms with Gasteiger partial charge in [-0.1, -0.05) is 5.21 Å². The standard InChI is InChI=1S/C5H5N6/c1-4-7-5(9-8-4)11-3-2-6-10-11/h2-3H,1H3. The van der Waals surface area contributed by atoms with Crippen LogP contribution in [0, 0.1) is 0 Å². The Morgan fingerprint density at radius 1 is 1.45 bits per heavy atom. The number of rotatable bonds is 0. The van der Waals surface area contributed by atoms with Crippen molar-refractivity contribution in [3.8, 4) is 0 Å². The molecule has 6 nitrogen and oxygen atoms in total. The van der Waals surface area contributed by atoms with Crippen LogP contribution in [0.1, 0.15) is 6.92 Å². The largest absolute Gasteiger partial charge is 0.273 e. The van der Waals surface area contributed by atoms with E-state index in [9.17, 15) is 0 Å². The van der Waals surface area contributed by atoms with E-state index in [0.29, 0.717) is 11.8 Å². The molecule has 0 bridgehead atoms. The first-order valence-electron chi connectivity index (χ1n) is 3.07. The highest BCUT2D eigenvalue weighted by Gasteiger charge is 2.10. The molecule has 6 heteroatoms. The SMILES string of the molecule is CC1=N[N]C(n2ccnn2)=N1. The van der Waals surface area contributed by atoms with E-state index in [1.54, 1.807) is 19.3 Å². The highest BCUT2D eigenvalue weighted by molar-refractivity contribution is 5.99. The number of hydrogen-bond donors (Lipinski definition) is 0. The lowest BCUT2D eigenvalue weighted by Gasteiger charge is -1.91. The summed E-state index contributed by atoms with van der Waals surface area (Å²) < 4.78 is 1.46. The minimum Gasteiger partial charge on any atom is -0.193 e. The van der Waals surface area contributed by atoms with Gasteiger partial charge < -0.3 is 0 Å². The van der Waals surface area contributed by atoms with Crippen molar-refractivity contribution >= 4 is 11.8 Å². The molecule has 1 aliphatic heterocycles. The van der Waals surface area contributed by atoms with Gasteiger partial charge in [-0.25, -0.2) is 0 Å². The zero-order valence-corrected chi connectivity index (χ0v) is 5.84. The van der Waals surface area contributed by atoms with Crippen molar-refractivity contribution in [2.75, 3.05) is 0 Å². The van der Waals surface area contributed by atoms with Crippen molar-refractivity contribution in [1.82, 2.24) is 20.4 Å². The van der Waals surface area contributed by atoms with Crippen LogP contribution in [0.15, 0.2) is 22.5 Å². The number of aliphatic imine (C=N–C) groups is 1.